The van der Waals surface area contributed by atoms with Crippen LogP contribution in [0.25, 0.3) is 6.08 Å². The van der Waals surface area contributed by atoms with Gasteiger partial charge in [-0.1, -0.05) is 105 Å². The van der Waals surface area contributed by atoms with Gasteiger partial charge in [-0.15, -0.1) is 12.4 Å². The summed E-state index contributed by atoms with van der Waals surface area (Å²) in [6.07, 6.45) is 6.21. The first-order valence-corrected chi connectivity index (χ1v) is 19.9. The third-order valence-corrected chi connectivity index (χ3v) is 9.98. The first-order chi connectivity index (χ1) is 26.6. The van der Waals surface area contributed by atoms with E-state index in [2.05, 4.69) is 59.4 Å². The standard InChI is InChI=1S/C44H62FN7O3.ClH/c1-32(2)26-41(49-31-38(28-34-16-8-4-9-17-34)48-30-36(47)27-33-14-6-3-7-15-33)43(54)51-40(20-12-13-23-46)44(55)52-24-21-37(22-25-52)50-42(53)39(45)29-35-18-10-5-11-19-35;/h3-11,14-19,29,32,36-38,40-41,48-49H,12-13,20-28,30-31,46-47H2,1-2H3,(H,50,53)(H,51,54);1H/b39-29-;/t36-,38-,40-,41-;/m1./s1. The fourth-order valence-electron chi connectivity index (χ4n) is 6.96. The number of carbonyl (C=O) groups is 3. The minimum absolute atomic E-state index is 0. The smallest absolute Gasteiger partial charge is 0.280 e. The van der Waals surface area contributed by atoms with Crippen LogP contribution in [-0.2, 0) is 27.2 Å². The van der Waals surface area contributed by atoms with E-state index in [1.54, 1.807) is 29.2 Å². The van der Waals surface area contributed by atoms with Crippen molar-refractivity contribution in [3.8, 4) is 0 Å². The van der Waals surface area contributed by atoms with Crippen molar-refractivity contribution < 1.29 is 18.8 Å². The number of rotatable bonds is 22. The Hall–Kier alpha value is -4.13. The van der Waals surface area contributed by atoms with Gasteiger partial charge in [0.15, 0.2) is 5.83 Å². The molecule has 3 amide bonds. The quantitative estimate of drug-likeness (QED) is 0.0625. The van der Waals surface area contributed by atoms with Gasteiger partial charge >= 0.3 is 0 Å². The van der Waals surface area contributed by atoms with Gasteiger partial charge in [-0.05, 0) is 86.6 Å². The molecule has 306 valence electrons. The number of benzene rings is 3. The number of piperidine rings is 1. The van der Waals surface area contributed by atoms with E-state index in [0.29, 0.717) is 70.4 Å². The van der Waals surface area contributed by atoms with E-state index in [1.165, 1.54) is 17.2 Å². The van der Waals surface area contributed by atoms with Gasteiger partial charge in [-0.3, -0.25) is 14.4 Å². The van der Waals surface area contributed by atoms with Gasteiger partial charge in [0.1, 0.15) is 6.04 Å². The number of hydrogen-bond acceptors (Lipinski definition) is 7. The summed E-state index contributed by atoms with van der Waals surface area (Å²) in [5.41, 5.74) is 15.3. The molecule has 56 heavy (non-hydrogen) atoms. The van der Waals surface area contributed by atoms with Crippen LogP contribution in [0.1, 0.15) is 69.1 Å². The van der Waals surface area contributed by atoms with Crippen molar-refractivity contribution in [2.24, 2.45) is 17.4 Å². The van der Waals surface area contributed by atoms with Crippen LogP contribution in [0.2, 0.25) is 0 Å². The van der Waals surface area contributed by atoms with Gasteiger partial charge in [-0.2, -0.15) is 0 Å². The minimum atomic E-state index is -0.856. The van der Waals surface area contributed by atoms with Crippen LogP contribution in [0.5, 0.6) is 0 Å². The van der Waals surface area contributed by atoms with Crippen LogP contribution in [0.15, 0.2) is 96.8 Å². The molecule has 1 heterocycles. The van der Waals surface area contributed by atoms with E-state index in [4.69, 9.17) is 11.5 Å². The zero-order valence-corrected chi connectivity index (χ0v) is 33.8. The van der Waals surface area contributed by atoms with Crippen molar-refractivity contribution in [1.82, 2.24) is 26.2 Å². The third-order valence-electron chi connectivity index (χ3n) is 9.98. The first kappa shape index (κ1) is 46.3. The molecule has 10 nitrogen and oxygen atoms in total. The van der Waals surface area contributed by atoms with Crippen molar-refractivity contribution >= 4 is 36.2 Å². The maximum absolute atomic E-state index is 14.6. The van der Waals surface area contributed by atoms with E-state index in [0.717, 1.165) is 19.3 Å². The van der Waals surface area contributed by atoms with Gasteiger partial charge in [0.25, 0.3) is 5.91 Å². The van der Waals surface area contributed by atoms with Gasteiger partial charge < -0.3 is 37.6 Å². The molecule has 12 heteroatoms. The molecule has 3 aromatic carbocycles. The summed E-state index contributed by atoms with van der Waals surface area (Å²) in [5.74, 6) is -1.74. The maximum atomic E-state index is 14.6. The molecule has 0 bridgehead atoms. The van der Waals surface area contributed by atoms with E-state index in [9.17, 15) is 18.8 Å². The first-order valence-electron chi connectivity index (χ1n) is 19.9. The highest BCUT2D eigenvalue weighted by Gasteiger charge is 2.32. The number of hydrogen-bond donors (Lipinski definition) is 6. The zero-order valence-electron chi connectivity index (χ0n) is 33.0. The summed E-state index contributed by atoms with van der Waals surface area (Å²) < 4.78 is 14.6. The van der Waals surface area contributed by atoms with Crippen molar-refractivity contribution in [2.45, 2.75) is 95.4 Å². The summed E-state index contributed by atoms with van der Waals surface area (Å²) in [6, 6.07) is 27.8. The average Bonchev–Trinajstić information content (AvgIpc) is 3.19. The lowest BCUT2D eigenvalue weighted by Crippen LogP contribution is -2.57. The van der Waals surface area contributed by atoms with Gasteiger partial charge in [0.05, 0.1) is 6.04 Å². The second kappa shape index (κ2) is 25.2. The molecule has 0 saturated carbocycles. The lowest BCUT2D eigenvalue weighted by Gasteiger charge is -2.35. The van der Waals surface area contributed by atoms with E-state index >= 15 is 0 Å². The molecular weight excluding hydrogens is 729 g/mol. The molecule has 8 N–H and O–H groups in total. The molecule has 1 aliphatic heterocycles. The minimum Gasteiger partial charge on any atom is -0.347 e. The Morgan fingerprint density at radius 3 is 2.00 bits per heavy atom. The Labute approximate surface area is 339 Å². The summed E-state index contributed by atoms with van der Waals surface area (Å²) in [5, 5.41) is 13.1. The molecule has 0 radical (unpaired) electrons. The Balaban J connectivity index is 0.00000841. The molecule has 0 aliphatic carbocycles. The normalized spacial score (nSPS) is 15.7. The molecular formula is C44H63ClFN7O3. The Morgan fingerprint density at radius 2 is 1.41 bits per heavy atom. The monoisotopic (exact) mass is 791 g/mol. The summed E-state index contributed by atoms with van der Waals surface area (Å²) in [7, 11) is 0. The number of amides is 3. The molecule has 0 unspecified atom stereocenters. The highest BCUT2D eigenvalue weighted by Crippen LogP contribution is 2.17. The van der Waals surface area contributed by atoms with Crippen molar-refractivity contribution in [3.63, 3.8) is 0 Å². The van der Waals surface area contributed by atoms with Crippen LogP contribution >= 0.6 is 12.4 Å². The van der Waals surface area contributed by atoms with Crippen LogP contribution in [-0.4, -0.2) is 85.6 Å². The molecule has 0 spiro atoms. The van der Waals surface area contributed by atoms with Crippen LogP contribution in [0.3, 0.4) is 0 Å². The van der Waals surface area contributed by atoms with Gasteiger partial charge in [0, 0.05) is 44.3 Å². The van der Waals surface area contributed by atoms with Gasteiger partial charge in [0.2, 0.25) is 11.8 Å². The average molecular weight is 792 g/mol. The molecule has 3 aromatic rings. The highest BCUT2D eigenvalue weighted by atomic mass is 35.5. The lowest BCUT2D eigenvalue weighted by atomic mass is 9.99. The number of carbonyl (C=O) groups excluding carboxylic acids is 3. The molecule has 4 atom stereocenters. The zero-order chi connectivity index (χ0) is 39.4. The van der Waals surface area contributed by atoms with Gasteiger partial charge in [-0.25, -0.2) is 4.39 Å². The molecule has 1 saturated heterocycles. The predicted molar refractivity (Wildman–Crippen MR) is 227 cm³/mol. The van der Waals surface area contributed by atoms with E-state index < -0.39 is 23.8 Å². The summed E-state index contributed by atoms with van der Waals surface area (Å²) in [6.45, 7) is 6.60. The largest absolute Gasteiger partial charge is 0.347 e. The van der Waals surface area contributed by atoms with E-state index in [1.807, 2.05) is 42.5 Å². The molecule has 1 fully saturated rings. The van der Waals surface area contributed by atoms with Crippen molar-refractivity contribution in [1.29, 1.82) is 0 Å². The second-order valence-electron chi connectivity index (χ2n) is 15.2. The van der Waals surface area contributed by atoms with Crippen molar-refractivity contribution in [2.75, 3.05) is 32.7 Å². The number of halogens is 2. The van der Waals surface area contributed by atoms with Crippen LogP contribution in [0.4, 0.5) is 4.39 Å². The Kier molecular flexibility index (Phi) is 20.8. The highest BCUT2D eigenvalue weighted by molar-refractivity contribution is 5.95. The Bertz CT molecular complexity index is 1610. The number of likely N-dealkylation sites (tertiary alicyclic amines) is 1. The summed E-state index contributed by atoms with van der Waals surface area (Å²) in [4.78, 5) is 42.3. The molecule has 4 rings (SSSR count). The Morgan fingerprint density at radius 1 is 0.821 bits per heavy atom. The van der Waals surface area contributed by atoms with Crippen molar-refractivity contribution in [3.05, 3.63) is 114 Å². The SMILES string of the molecule is CC(C)C[C@@H](NC[C@@H](Cc1ccccc1)NC[C@H](N)Cc1ccccc1)C(=O)N[C@H](CCCCN)C(=O)N1CCC(NC(=O)/C(F)=C/c2ccccc2)CC1.Cl. The number of nitrogens with two attached hydrogens (primary N) is 2. The van der Waals surface area contributed by atoms with Crippen LogP contribution < -0.4 is 32.7 Å². The fourth-order valence-corrected chi connectivity index (χ4v) is 6.96. The maximum Gasteiger partial charge on any atom is 0.280 e. The topological polar surface area (TPSA) is 155 Å². The summed E-state index contributed by atoms with van der Waals surface area (Å²) >= 11 is 0. The third kappa shape index (κ3) is 16.5. The fraction of sp³-hybridized carbons (Fsp3) is 0.477. The molecule has 0 aromatic heterocycles. The number of unbranched alkanes of at least 4 members (excludes halogenated alkanes) is 1. The lowest BCUT2D eigenvalue weighted by molar-refractivity contribution is -0.138. The van der Waals surface area contributed by atoms with Crippen LogP contribution in [0, 0.1) is 5.92 Å². The second-order valence-corrected chi connectivity index (χ2v) is 15.2. The number of nitrogens with zero attached hydrogens (tertiary/aromatic N) is 1. The predicted octanol–water partition coefficient (Wildman–Crippen LogP) is 4.92. The number of nitrogens with one attached hydrogen (secondary N) is 4. The molecule has 1 aliphatic rings. The van der Waals surface area contributed by atoms with E-state index in [-0.39, 0.29) is 48.3 Å².